The van der Waals surface area contributed by atoms with Crippen LogP contribution in [0.4, 0.5) is 0 Å². The molecule has 0 aliphatic heterocycles. The number of carboxylic acid groups (broad SMARTS) is 3. The van der Waals surface area contributed by atoms with Gasteiger partial charge in [0.2, 0.25) is 0 Å². The van der Waals surface area contributed by atoms with Gasteiger partial charge in [-0.1, -0.05) is 0 Å². The molecule has 15 heteroatoms. The van der Waals surface area contributed by atoms with Crippen molar-refractivity contribution in [2.75, 3.05) is 0 Å². The minimum atomic E-state index is -2.95. The normalized spacial score (nSPS) is 12.3. The maximum atomic E-state index is 10.3. The number of rotatable bonds is 6. The fourth-order valence-corrected chi connectivity index (χ4v) is 0.714. The Morgan fingerprint density at radius 2 is 1.10 bits per heavy atom. The Morgan fingerprint density at radius 3 is 1.19 bits per heavy atom. The molecular weight excluding hydrogens is 358 g/mol. The van der Waals surface area contributed by atoms with E-state index in [0.717, 1.165) is 0 Å². The van der Waals surface area contributed by atoms with E-state index in [1.807, 2.05) is 0 Å². The van der Waals surface area contributed by atoms with Crippen LogP contribution in [0.3, 0.4) is 0 Å². The second-order valence-corrected chi connectivity index (χ2v) is 5.34. The number of aliphatic carboxylic acids is 3. The maximum absolute atomic E-state index is 10.3. The molecule has 0 rings (SSSR count). The van der Waals surface area contributed by atoms with Crippen LogP contribution in [-0.2, 0) is 34.6 Å². The van der Waals surface area contributed by atoms with E-state index >= 15 is 0 Å². The van der Waals surface area contributed by atoms with E-state index in [4.69, 9.17) is 37.9 Å². The standard InChI is InChI=1S/C6H8O7.2Na.H2O4S2/c7-3(8)1-6(13,5(11)12)2-4(9)10;;;1-5(2)6(3)4/h13H,1-2H2,(H,7,8)(H,9,10)(H,11,12);;;(H,1,2)(H,3,4)/q;2*+1;/p-2. The summed E-state index contributed by atoms with van der Waals surface area (Å²) in [7, 11) is -5.90. The molecule has 0 aromatic heterocycles. The zero-order chi connectivity index (χ0) is 15.8. The number of aliphatic hydroxyl groups is 1. The zero-order valence-corrected chi connectivity index (χ0v) is 16.5. The summed E-state index contributed by atoms with van der Waals surface area (Å²) in [5, 5.41) is 33.8. The van der Waals surface area contributed by atoms with E-state index < -0.39 is 56.6 Å². The smallest absolute Gasteiger partial charge is 0.763 e. The monoisotopic (exact) mass is 366 g/mol. The van der Waals surface area contributed by atoms with Crippen LogP contribution in [0.5, 0.6) is 0 Å². The van der Waals surface area contributed by atoms with Crippen molar-refractivity contribution < 1.29 is 111 Å². The van der Waals surface area contributed by atoms with Crippen LogP contribution in [-0.4, -0.2) is 61.5 Å². The molecule has 0 aromatic rings. The first kappa shape index (κ1) is 29.6. The van der Waals surface area contributed by atoms with E-state index in [0.29, 0.717) is 0 Å². The third-order valence-electron chi connectivity index (χ3n) is 1.40. The molecule has 0 bridgehead atoms. The summed E-state index contributed by atoms with van der Waals surface area (Å²) in [6.07, 6.45) is -2.29. The van der Waals surface area contributed by atoms with Crippen LogP contribution in [0.25, 0.3) is 0 Å². The minimum absolute atomic E-state index is 0. The Kier molecular flexibility index (Phi) is 20.0. The second kappa shape index (κ2) is 14.2. The molecule has 0 amide bonds. The first-order valence-electron chi connectivity index (χ1n) is 4.00. The fraction of sp³-hybridized carbons (Fsp3) is 0.500. The van der Waals surface area contributed by atoms with Crippen LogP contribution < -0.4 is 59.1 Å². The maximum Gasteiger partial charge on any atom is 1.00 e. The van der Waals surface area contributed by atoms with E-state index in [1.165, 1.54) is 0 Å². The minimum Gasteiger partial charge on any atom is -0.763 e. The molecule has 0 aliphatic rings. The molecule has 21 heavy (non-hydrogen) atoms. The average Bonchev–Trinajstić information content (AvgIpc) is 2.14. The van der Waals surface area contributed by atoms with Gasteiger partial charge < -0.3 is 29.5 Å². The molecule has 4 N–H and O–H groups in total. The van der Waals surface area contributed by atoms with Gasteiger partial charge in [0.25, 0.3) is 0 Å². The van der Waals surface area contributed by atoms with Crippen LogP contribution in [0.2, 0.25) is 0 Å². The molecule has 0 aromatic carbocycles. The van der Waals surface area contributed by atoms with E-state index in [9.17, 15) is 14.4 Å². The Morgan fingerprint density at radius 1 is 0.857 bits per heavy atom. The largest absolute Gasteiger partial charge is 1.00 e. The molecule has 0 fully saturated rings. The molecule has 0 heterocycles. The van der Waals surface area contributed by atoms with Crippen molar-refractivity contribution in [2.24, 2.45) is 0 Å². The van der Waals surface area contributed by atoms with Gasteiger partial charge in [-0.2, -0.15) is 0 Å². The van der Waals surface area contributed by atoms with Gasteiger partial charge in [0.15, 0.2) is 5.60 Å². The van der Waals surface area contributed by atoms with Crippen molar-refractivity contribution in [3.05, 3.63) is 0 Å². The summed E-state index contributed by atoms with van der Waals surface area (Å²) in [5.41, 5.74) is -2.74. The van der Waals surface area contributed by atoms with Crippen molar-refractivity contribution in [2.45, 2.75) is 18.4 Å². The third kappa shape index (κ3) is 16.8. The van der Waals surface area contributed by atoms with Crippen molar-refractivity contribution in [3.63, 3.8) is 0 Å². The molecule has 11 nitrogen and oxygen atoms in total. The van der Waals surface area contributed by atoms with Gasteiger partial charge in [0, 0.05) is 20.2 Å². The summed E-state index contributed by atoms with van der Waals surface area (Å²) < 4.78 is 36.3. The molecule has 0 saturated heterocycles. The molecule has 2 unspecified atom stereocenters. The van der Waals surface area contributed by atoms with Gasteiger partial charge in [-0.3, -0.25) is 18.0 Å². The Hall–Kier alpha value is 0.590. The Bertz CT molecular complexity index is 384. The van der Waals surface area contributed by atoms with E-state index in [-0.39, 0.29) is 59.1 Å². The van der Waals surface area contributed by atoms with Gasteiger partial charge in [0.05, 0.1) is 12.8 Å². The van der Waals surface area contributed by atoms with Gasteiger partial charge in [0.1, 0.15) is 0 Å². The fourth-order valence-electron chi connectivity index (χ4n) is 0.714. The van der Waals surface area contributed by atoms with Crippen molar-refractivity contribution >= 4 is 38.1 Å². The van der Waals surface area contributed by atoms with E-state index in [2.05, 4.69) is 0 Å². The van der Waals surface area contributed by atoms with Gasteiger partial charge in [-0.25, -0.2) is 4.79 Å². The summed E-state index contributed by atoms with van der Waals surface area (Å²) in [5.74, 6) is -5.02. The summed E-state index contributed by atoms with van der Waals surface area (Å²) in [6, 6.07) is 0. The van der Waals surface area contributed by atoms with Gasteiger partial charge in [-0.15, -0.1) is 0 Å². The van der Waals surface area contributed by atoms with Crippen LogP contribution in [0.15, 0.2) is 0 Å². The third-order valence-corrected chi connectivity index (χ3v) is 2.29. The van der Waals surface area contributed by atoms with Crippen LogP contribution in [0, 0.1) is 0 Å². The van der Waals surface area contributed by atoms with Crippen molar-refractivity contribution in [1.29, 1.82) is 0 Å². The molecule has 0 radical (unpaired) electrons. The number of hydrogen-bond donors (Lipinski definition) is 4. The molecule has 112 valence electrons. The molecule has 2 atom stereocenters. The second-order valence-electron chi connectivity index (χ2n) is 2.89. The van der Waals surface area contributed by atoms with Crippen molar-refractivity contribution in [1.82, 2.24) is 0 Å². The summed E-state index contributed by atoms with van der Waals surface area (Å²) in [6.45, 7) is 0. The van der Waals surface area contributed by atoms with E-state index in [1.54, 1.807) is 0 Å². The SMILES string of the molecule is O=C(O)CC(O)(CC(=O)O)C(=O)O.O=S([O-])S(=O)[O-].[Na+].[Na+]. The molecule has 0 saturated carbocycles. The summed E-state index contributed by atoms with van der Waals surface area (Å²) >= 11 is 0. The number of carboxylic acids is 3. The molecular formula is C6H8Na2O11S2. The van der Waals surface area contributed by atoms with Crippen molar-refractivity contribution in [3.8, 4) is 0 Å². The topological polar surface area (TPSA) is 212 Å². The zero-order valence-electron chi connectivity index (χ0n) is 10.9. The summed E-state index contributed by atoms with van der Waals surface area (Å²) in [4.78, 5) is 30.5. The Balaban J connectivity index is -0.000000156. The van der Waals surface area contributed by atoms with Gasteiger partial charge >= 0.3 is 77.0 Å². The van der Waals surface area contributed by atoms with Crippen LogP contribution >= 0.6 is 0 Å². The molecule has 0 spiro atoms. The first-order valence-corrected chi connectivity index (χ1v) is 6.67. The average molecular weight is 366 g/mol. The van der Waals surface area contributed by atoms with Crippen LogP contribution in [0.1, 0.15) is 12.8 Å². The first-order chi connectivity index (χ1) is 8.42. The predicted molar refractivity (Wildman–Crippen MR) is 54.9 cm³/mol. The molecule has 0 aliphatic carbocycles. The quantitative estimate of drug-likeness (QED) is 0.197. The number of carbonyl (C=O) groups is 3. The number of hydrogen-bond acceptors (Lipinski definition) is 8. The van der Waals surface area contributed by atoms with Gasteiger partial charge in [-0.05, 0) is 0 Å². The Labute approximate surface area is 166 Å². The predicted octanol–water partition coefficient (Wildman–Crippen LogP) is -8.58.